The number of Topliss-reactive ketones (excluding diaryl/α,β-unsaturated/α-hetero) is 1. The van der Waals surface area contributed by atoms with Crippen LogP contribution in [0.3, 0.4) is 0 Å². The second-order valence-electron chi connectivity index (χ2n) is 7.23. The van der Waals surface area contributed by atoms with Crippen LogP contribution < -0.4 is 0 Å². The molecule has 1 N–H and O–H groups in total. The third-order valence-electron chi connectivity index (χ3n) is 5.25. The van der Waals surface area contributed by atoms with Gasteiger partial charge in [-0.05, 0) is 36.4 Å². The second kappa shape index (κ2) is 7.68. The quantitative estimate of drug-likeness (QED) is 0.379. The molecule has 1 saturated heterocycles. The molecule has 1 amide bonds. The van der Waals surface area contributed by atoms with Crippen molar-refractivity contribution in [3.05, 3.63) is 98.7 Å². The van der Waals surface area contributed by atoms with Gasteiger partial charge in [-0.1, -0.05) is 60.2 Å². The minimum atomic E-state index is -0.645. The molecule has 4 nitrogen and oxygen atoms in total. The molecule has 3 aromatic rings. The van der Waals surface area contributed by atoms with Gasteiger partial charge in [-0.3, -0.25) is 9.59 Å². The molecule has 2 aromatic carbocycles. The molecule has 146 valence electrons. The van der Waals surface area contributed by atoms with Crippen molar-refractivity contribution in [1.82, 2.24) is 4.90 Å². The van der Waals surface area contributed by atoms with Crippen molar-refractivity contribution >= 4 is 28.8 Å². The Bertz CT molecular complexity index is 1100. The van der Waals surface area contributed by atoms with E-state index in [0.29, 0.717) is 12.1 Å². The first-order chi connectivity index (χ1) is 14.0. The van der Waals surface area contributed by atoms with E-state index in [9.17, 15) is 14.7 Å². The highest BCUT2D eigenvalue weighted by molar-refractivity contribution is 7.09. The monoisotopic (exact) mass is 403 g/mol. The minimum absolute atomic E-state index is 0.134. The minimum Gasteiger partial charge on any atom is -0.507 e. The molecular weight excluding hydrogens is 382 g/mol. The lowest BCUT2D eigenvalue weighted by Crippen LogP contribution is -2.29. The van der Waals surface area contributed by atoms with Gasteiger partial charge in [0.25, 0.3) is 11.7 Å². The lowest BCUT2D eigenvalue weighted by molar-refractivity contribution is -0.140. The van der Waals surface area contributed by atoms with E-state index in [1.54, 1.807) is 17.0 Å². The molecule has 1 atom stereocenters. The molecular formula is C24H21NO3S. The maximum absolute atomic E-state index is 13.0. The van der Waals surface area contributed by atoms with Crippen molar-refractivity contribution in [2.75, 3.05) is 0 Å². The molecule has 0 spiro atoms. The van der Waals surface area contributed by atoms with Gasteiger partial charge in [0.1, 0.15) is 5.76 Å². The van der Waals surface area contributed by atoms with Crippen LogP contribution in [0, 0.1) is 13.8 Å². The first-order valence-electron chi connectivity index (χ1n) is 9.40. The van der Waals surface area contributed by atoms with Gasteiger partial charge in [-0.15, -0.1) is 11.3 Å². The fourth-order valence-corrected chi connectivity index (χ4v) is 4.40. The van der Waals surface area contributed by atoms with Gasteiger partial charge in [0.15, 0.2) is 0 Å². The molecule has 1 aliphatic heterocycles. The summed E-state index contributed by atoms with van der Waals surface area (Å²) in [6.07, 6.45) is 0. The highest BCUT2D eigenvalue weighted by Gasteiger charge is 2.46. The molecule has 0 bridgehead atoms. The number of aryl methyl sites for hydroxylation is 2. The first-order valence-corrected chi connectivity index (χ1v) is 10.3. The summed E-state index contributed by atoms with van der Waals surface area (Å²) in [5.74, 6) is -1.36. The smallest absolute Gasteiger partial charge is 0.295 e. The van der Waals surface area contributed by atoms with Gasteiger partial charge in [0.05, 0.1) is 18.2 Å². The van der Waals surface area contributed by atoms with Crippen LogP contribution in [-0.2, 0) is 16.1 Å². The maximum Gasteiger partial charge on any atom is 0.295 e. The number of carbonyl (C=O) groups is 2. The van der Waals surface area contributed by atoms with E-state index < -0.39 is 17.7 Å². The molecule has 4 rings (SSSR count). The third kappa shape index (κ3) is 3.49. The largest absolute Gasteiger partial charge is 0.507 e. The average Bonchev–Trinajstić information content (AvgIpc) is 3.31. The van der Waals surface area contributed by atoms with E-state index in [1.165, 1.54) is 11.3 Å². The number of nitrogens with zero attached hydrogens (tertiary/aromatic N) is 1. The van der Waals surface area contributed by atoms with Crippen LogP contribution in [0.1, 0.15) is 33.2 Å². The zero-order valence-electron chi connectivity index (χ0n) is 16.3. The van der Waals surface area contributed by atoms with E-state index in [0.717, 1.165) is 21.6 Å². The highest BCUT2D eigenvalue weighted by Crippen LogP contribution is 2.41. The second-order valence-corrected chi connectivity index (χ2v) is 8.26. The molecule has 0 aliphatic carbocycles. The molecule has 2 heterocycles. The number of benzene rings is 2. The number of rotatable bonds is 4. The van der Waals surface area contributed by atoms with Crippen LogP contribution in [-0.4, -0.2) is 21.7 Å². The Morgan fingerprint density at radius 1 is 1.00 bits per heavy atom. The van der Waals surface area contributed by atoms with Crippen LogP contribution >= 0.6 is 11.3 Å². The van der Waals surface area contributed by atoms with E-state index >= 15 is 0 Å². The summed E-state index contributed by atoms with van der Waals surface area (Å²) in [6.45, 7) is 4.23. The fourth-order valence-electron chi connectivity index (χ4n) is 3.70. The molecule has 5 heteroatoms. The molecule has 1 fully saturated rings. The van der Waals surface area contributed by atoms with Crippen molar-refractivity contribution in [2.45, 2.75) is 26.4 Å². The standard InChI is InChI=1S/C24H21NO3S/c1-15-9-11-17(12-10-15)22(26)20-21(19-8-4-3-6-16(19)2)25(24(28)23(20)27)14-18-7-5-13-29-18/h3-13,21,26H,14H2,1-2H3/b22-20-. The predicted molar refractivity (Wildman–Crippen MR) is 115 cm³/mol. The van der Waals surface area contributed by atoms with Crippen molar-refractivity contribution in [3.8, 4) is 0 Å². The lowest BCUT2D eigenvalue weighted by Gasteiger charge is -2.26. The average molecular weight is 404 g/mol. The Morgan fingerprint density at radius 3 is 2.38 bits per heavy atom. The normalized spacial score (nSPS) is 18.4. The van der Waals surface area contributed by atoms with Crippen molar-refractivity contribution in [1.29, 1.82) is 0 Å². The Balaban J connectivity index is 1.89. The number of aliphatic hydroxyl groups is 1. The number of likely N-dealkylation sites (tertiary alicyclic amines) is 1. The van der Waals surface area contributed by atoms with Gasteiger partial charge in [0.2, 0.25) is 0 Å². The van der Waals surface area contributed by atoms with Crippen molar-refractivity contribution < 1.29 is 14.7 Å². The van der Waals surface area contributed by atoms with E-state index in [4.69, 9.17) is 0 Å². The Hall–Kier alpha value is -3.18. The van der Waals surface area contributed by atoms with Gasteiger partial charge >= 0.3 is 0 Å². The van der Waals surface area contributed by atoms with E-state index in [2.05, 4.69) is 0 Å². The predicted octanol–water partition coefficient (Wildman–Crippen LogP) is 4.99. The molecule has 0 radical (unpaired) electrons. The molecule has 1 aliphatic rings. The number of ketones is 1. The van der Waals surface area contributed by atoms with Gasteiger partial charge in [-0.2, -0.15) is 0 Å². The van der Waals surface area contributed by atoms with E-state index in [1.807, 2.05) is 67.8 Å². The molecule has 1 aromatic heterocycles. The summed E-state index contributed by atoms with van der Waals surface area (Å²) in [5.41, 5.74) is 3.53. The SMILES string of the molecule is Cc1ccc(/C(O)=C2/C(=O)C(=O)N(Cc3cccs3)C2c2ccccc2C)cc1. The van der Waals surface area contributed by atoms with Crippen LogP contribution in [0.15, 0.2) is 71.6 Å². The first kappa shape index (κ1) is 19.2. The summed E-state index contributed by atoms with van der Waals surface area (Å²) in [5, 5.41) is 13.0. The number of hydrogen-bond acceptors (Lipinski definition) is 4. The topological polar surface area (TPSA) is 57.6 Å². The molecule has 1 unspecified atom stereocenters. The van der Waals surface area contributed by atoms with E-state index in [-0.39, 0.29) is 11.3 Å². The Kier molecular flexibility index (Phi) is 5.07. The number of hydrogen-bond donors (Lipinski definition) is 1. The maximum atomic E-state index is 13.0. The van der Waals surface area contributed by atoms with Crippen LogP contribution in [0.5, 0.6) is 0 Å². The van der Waals surface area contributed by atoms with Gasteiger partial charge in [-0.25, -0.2) is 0 Å². The number of aliphatic hydroxyl groups excluding tert-OH is 1. The zero-order chi connectivity index (χ0) is 20.5. The van der Waals surface area contributed by atoms with Crippen LogP contribution in [0.4, 0.5) is 0 Å². The molecule has 0 saturated carbocycles. The summed E-state index contributed by atoms with van der Waals surface area (Å²) in [6, 6.07) is 18.2. The number of carbonyl (C=O) groups excluding carboxylic acids is 2. The third-order valence-corrected chi connectivity index (χ3v) is 6.12. The summed E-state index contributed by atoms with van der Waals surface area (Å²) in [4.78, 5) is 28.5. The van der Waals surface area contributed by atoms with Crippen LogP contribution in [0.2, 0.25) is 0 Å². The summed E-state index contributed by atoms with van der Waals surface area (Å²) in [7, 11) is 0. The fraction of sp³-hybridized carbons (Fsp3) is 0.167. The Morgan fingerprint density at radius 2 is 1.72 bits per heavy atom. The molecule has 29 heavy (non-hydrogen) atoms. The summed E-state index contributed by atoms with van der Waals surface area (Å²) >= 11 is 1.54. The number of thiophene rings is 1. The van der Waals surface area contributed by atoms with Gasteiger partial charge < -0.3 is 10.0 Å². The highest BCUT2D eigenvalue weighted by atomic mass is 32.1. The van der Waals surface area contributed by atoms with Crippen LogP contribution in [0.25, 0.3) is 5.76 Å². The number of amides is 1. The van der Waals surface area contributed by atoms with Crippen molar-refractivity contribution in [2.24, 2.45) is 0 Å². The lowest BCUT2D eigenvalue weighted by atomic mass is 9.92. The van der Waals surface area contributed by atoms with Gasteiger partial charge in [0, 0.05) is 10.4 Å². The summed E-state index contributed by atoms with van der Waals surface area (Å²) < 4.78 is 0. The Labute approximate surface area is 173 Å². The zero-order valence-corrected chi connectivity index (χ0v) is 17.1. The van der Waals surface area contributed by atoms with Crippen molar-refractivity contribution in [3.63, 3.8) is 0 Å².